The summed E-state index contributed by atoms with van der Waals surface area (Å²) in [6.07, 6.45) is 1.20. The summed E-state index contributed by atoms with van der Waals surface area (Å²) in [7, 11) is -3.18. The van der Waals surface area contributed by atoms with Gasteiger partial charge in [-0.15, -0.1) is 0 Å². The fourth-order valence-corrected chi connectivity index (χ4v) is 2.70. The molecule has 0 saturated carbocycles. The highest BCUT2D eigenvalue weighted by Gasteiger charge is 2.25. The third-order valence-corrected chi connectivity index (χ3v) is 5.22. The van der Waals surface area contributed by atoms with E-state index in [9.17, 15) is 8.42 Å². The smallest absolute Gasteiger partial charge is 0.161 e. The van der Waals surface area contributed by atoms with Crippen LogP contribution < -0.4 is 15.2 Å². The van der Waals surface area contributed by atoms with Crippen LogP contribution in [0.15, 0.2) is 18.2 Å². The molecule has 0 aliphatic carbocycles. The molecule has 0 aromatic heterocycles. The highest BCUT2D eigenvalue weighted by atomic mass is 32.2. The van der Waals surface area contributed by atoms with Crippen molar-refractivity contribution >= 4 is 9.84 Å². The number of ether oxygens (including phenoxy) is 2. The van der Waals surface area contributed by atoms with Crippen LogP contribution in [-0.2, 0) is 9.84 Å². The van der Waals surface area contributed by atoms with Gasteiger partial charge in [-0.1, -0.05) is 13.0 Å². The number of rotatable bonds is 3. The van der Waals surface area contributed by atoms with Crippen molar-refractivity contribution in [1.29, 1.82) is 0 Å². The highest BCUT2D eigenvalue weighted by molar-refractivity contribution is 7.91. The van der Waals surface area contributed by atoms with Gasteiger partial charge in [0.25, 0.3) is 0 Å². The average Bonchev–Trinajstić information content (AvgIpc) is 2.58. The summed E-state index contributed by atoms with van der Waals surface area (Å²) >= 11 is 0. The van der Waals surface area contributed by atoms with E-state index in [-0.39, 0.29) is 0 Å². The minimum Gasteiger partial charge on any atom is -0.489 e. The standard InChI is InChI=1S/C14H21NO4S/c1-9-7-18-12-5-4-11(6-13(12)19-8-9)14(15)10(2)20(3,16)17/h4-6,9-10,14H,7-8,15H2,1-3H3. The predicted octanol–water partition coefficient (Wildman–Crippen LogP) is 1.53. The number of benzene rings is 1. The molecular weight excluding hydrogens is 278 g/mol. The van der Waals surface area contributed by atoms with Crippen molar-refractivity contribution in [2.75, 3.05) is 19.5 Å². The van der Waals surface area contributed by atoms with Gasteiger partial charge in [0.15, 0.2) is 21.3 Å². The second kappa shape index (κ2) is 5.61. The molecule has 0 fully saturated rings. The Kier molecular flexibility index (Phi) is 4.25. The maximum Gasteiger partial charge on any atom is 0.161 e. The van der Waals surface area contributed by atoms with E-state index >= 15 is 0 Å². The van der Waals surface area contributed by atoms with Gasteiger partial charge >= 0.3 is 0 Å². The molecule has 0 amide bonds. The molecule has 20 heavy (non-hydrogen) atoms. The van der Waals surface area contributed by atoms with Crippen LogP contribution in [0.2, 0.25) is 0 Å². The van der Waals surface area contributed by atoms with E-state index in [0.29, 0.717) is 30.6 Å². The zero-order chi connectivity index (χ0) is 14.9. The molecule has 1 aromatic carbocycles. The first kappa shape index (κ1) is 15.1. The van der Waals surface area contributed by atoms with Gasteiger partial charge < -0.3 is 15.2 Å². The fraction of sp³-hybridized carbons (Fsp3) is 0.571. The lowest BCUT2D eigenvalue weighted by Crippen LogP contribution is -2.30. The molecule has 1 heterocycles. The third-order valence-electron chi connectivity index (χ3n) is 3.58. The van der Waals surface area contributed by atoms with Crippen molar-refractivity contribution < 1.29 is 17.9 Å². The van der Waals surface area contributed by atoms with Gasteiger partial charge in [0.2, 0.25) is 0 Å². The lowest BCUT2D eigenvalue weighted by molar-refractivity contribution is 0.228. The van der Waals surface area contributed by atoms with E-state index in [1.165, 1.54) is 6.26 Å². The highest BCUT2D eigenvalue weighted by Crippen LogP contribution is 2.33. The second-order valence-corrected chi connectivity index (χ2v) is 7.90. The molecule has 0 spiro atoms. The van der Waals surface area contributed by atoms with Crippen molar-refractivity contribution in [2.45, 2.75) is 25.1 Å². The Morgan fingerprint density at radius 2 is 1.85 bits per heavy atom. The molecule has 0 saturated heterocycles. The van der Waals surface area contributed by atoms with Crippen LogP contribution in [0.3, 0.4) is 0 Å². The molecule has 1 aliphatic heterocycles. The number of nitrogens with two attached hydrogens (primary N) is 1. The summed E-state index contributed by atoms with van der Waals surface area (Å²) in [5.74, 6) is 1.62. The number of fused-ring (bicyclic) bond motifs is 1. The molecule has 2 N–H and O–H groups in total. The summed E-state index contributed by atoms with van der Waals surface area (Å²) in [6.45, 7) is 4.85. The van der Waals surface area contributed by atoms with Gasteiger partial charge in [-0.25, -0.2) is 8.42 Å². The maximum atomic E-state index is 11.6. The normalized spacial score (nSPS) is 21.9. The minimum atomic E-state index is -3.18. The molecule has 0 bridgehead atoms. The SMILES string of the molecule is CC1COc2ccc(C(N)C(C)S(C)(=O)=O)cc2OC1. The van der Waals surface area contributed by atoms with Gasteiger partial charge in [0.1, 0.15) is 0 Å². The summed E-state index contributed by atoms with van der Waals surface area (Å²) in [5, 5.41) is -0.647. The van der Waals surface area contributed by atoms with Crippen molar-refractivity contribution in [2.24, 2.45) is 11.7 Å². The molecule has 2 rings (SSSR count). The Bertz CT molecular complexity index is 585. The van der Waals surface area contributed by atoms with Crippen LogP contribution in [0.1, 0.15) is 25.5 Å². The molecule has 112 valence electrons. The van der Waals surface area contributed by atoms with Gasteiger partial charge in [-0.05, 0) is 24.6 Å². The van der Waals surface area contributed by atoms with Gasteiger partial charge in [0.05, 0.1) is 18.5 Å². The number of hydrogen-bond acceptors (Lipinski definition) is 5. The number of sulfone groups is 1. The van der Waals surface area contributed by atoms with E-state index in [1.54, 1.807) is 25.1 Å². The molecule has 5 nitrogen and oxygen atoms in total. The quantitative estimate of drug-likeness (QED) is 0.915. The summed E-state index contributed by atoms with van der Waals surface area (Å²) in [4.78, 5) is 0. The minimum absolute atomic E-state index is 0.314. The Labute approximate surface area is 120 Å². The summed E-state index contributed by atoms with van der Waals surface area (Å²) in [5.41, 5.74) is 6.78. The molecule has 1 aromatic rings. The lowest BCUT2D eigenvalue weighted by atomic mass is 10.0. The van der Waals surface area contributed by atoms with Crippen LogP contribution >= 0.6 is 0 Å². The van der Waals surface area contributed by atoms with E-state index < -0.39 is 21.1 Å². The van der Waals surface area contributed by atoms with Crippen LogP contribution in [0.25, 0.3) is 0 Å². The van der Waals surface area contributed by atoms with E-state index in [2.05, 4.69) is 0 Å². The molecule has 3 atom stereocenters. The van der Waals surface area contributed by atoms with Crippen molar-refractivity contribution in [3.8, 4) is 11.5 Å². The molecule has 1 aliphatic rings. The first-order chi connectivity index (χ1) is 9.29. The molecule has 0 radical (unpaired) electrons. The lowest BCUT2D eigenvalue weighted by Gasteiger charge is -2.19. The zero-order valence-corrected chi connectivity index (χ0v) is 12.8. The van der Waals surface area contributed by atoms with Gasteiger partial charge in [-0.2, -0.15) is 0 Å². The van der Waals surface area contributed by atoms with Gasteiger partial charge in [-0.3, -0.25) is 0 Å². The third kappa shape index (κ3) is 3.24. The molecule has 3 unspecified atom stereocenters. The summed E-state index contributed by atoms with van der Waals surface area (Å²) in [6, 6.07) is 4.78. The maximum absolute atomic E-state index is 11.6. The van der Waals surface area contributed by atoms with Crippen LogP contribution in [-0.4, -0.2) is 33.1 Å². The number of hydrogen-bond donors (Lipinski definition) is 1. The Morgan fingerprint density at radius 3 is 2.45 bits per heavy atom. The Balaban J connectivity index is 2.27. The first-order valence-corrected chi connectivity index (χ1v) is 8.58. The van der Waals surface area contributed by atoms with E-state index in [4.69, 9.17) is 15.2 Å². The Hall–Kier alpha value is -1.27. The second-order valence-electron chi connectivity index (χ2n) is 5.49. The largest absolute Gasteiger partial charge is 0.489 e. The zero-order valence-electron chi connectivity index (χ0n) is 12.0. The molecular formula is C14H21NO4S. The van der Waals surface area contributed by atoms with Crippen LogP contribution in [0, 0.1) is 5.92 Å². The fourth-order valence-electron chi connectivity index (χ4n) is 2.01. The van der Waals surface area contributed by atoms with Crippen molar-refractivity contribution in [3.63, 3.8) is 0 Å². The molecule has 6 heteroatoms. The monoisotopic (exact) mass is 299 g/mol. The van der Waals surface area contributed by atoms with Crippen LogP contribution in [0.5, 0.6) is 11.5 Å². The topological polar surface area (TPSA) is 78.6 Å². The summed E-state index contributed by atoms with van der Waals surface area (Å²) < 4.78 is 34.5. The van der Waals surface area contributed by atoms with E-state index in [1.807, 2.05) is 6.92 Å². The van der Waals surface area contributed by atoms with E-state index in [0.717, 1.165) is 5.56 Å². The first-order valence-electron chi connectivity index (χ1n) is 6.63. The van der Waals surface area contributed by atoms with Gasteiger partial charge in [0, 0.05) is 18.2 Å². The van der Waals surface area contributed by atoms with Crippen LogP contribution in [0.4, 0.5) is 0 Å². The average molecular weight is 299 g/mol. The van der Waals surface area contributed by atoms with Crippen molar-refractivity contribution in [1.82, 2.24) is 0 Å². The predicted molar refractivity (Wildman–Crippen MR) is 77.8 cm³/mol. The Morgan fingerprint density at radius 1 is 1.25 bits per heavy atom. The van der Waals surface area contributed by atoms with Crippen molar-refractivity contribution in [3.05, 3.63) is 23.8 Å².